The van der Waals surface area contributed by atoms with Gasteiger partial charge >= 0.3 is 0 Å². The number of furan rings is 1. The highest BCUT2D eigenvalue weighted by atomic mass is 16.5. The fourth-order valence-corrected chi connectivity index (χ4v) is 1.94. The molecule has 0 fully saturated rings. The molecule has 0 aliphatic rings. The number of guanidine groups is 1. The van der Waals surface area contributed by atoms with E-state index in [2.05, 4.69) is 20.6 Å². The number of rotatable bonds is 9. The molecule has 0 unspecified atom stereocenters. The van der Waals surface area contributed by atoms with Crippen LogP contribution in [0.15, 0.2) is 52.2 Å². The van der Waals surface area contributed by atoms with E-state index in [1.54, 1.807) is 12.5 Å². The van der Waals surface area contributed by atoms with Crippen molar-refractivity contribution in [3.05, 3.63) is 54.2 Å². The summed E-state index contributed by atoms with van der Waals surface area (Å²) in [4.78, 5) is 8.78. The Hall–Kier alpha value is -2.34. The van der Waals surface area contributed by atoms with Crippen LogP contribution in [0.5, 0.6) is 0 Å². The van der Waals surface area contributed by atoms with Gasteiger partial charge in [-0.25, -0.2) is 4.99 Å². The van der Waals surface area contributed by atoms with E-state index in [9.17, 15) is 0 Å². The Balaban J connectivity index is 1.63. The summed E-state index contributed by atoms with van der Waals surface area (Å²) in [5, 5.41) is 6.51. The van der Waals surface area contributed by atoms with Gasteiger partial charge < -0.3 is 19.8 Å². The number of pyridine rings is 1. The molecule has 0 aliphatic carbocycles. The molecule has 124 valence electrons. The number of nitrogens with zero attached hydrogens (tertiary/aromatic N) is 2. The van der Waals surface area contributed by atoms with E-state index in [-0.39, 0.29) is 0 Å². The molecular weight excluding hydrogens is 292 g/mol. The lowest BCUT2D eigenvalue weighted by atomic mass is 10.3. The van der Waals surface area contributed by atoms with Crippen molar-refractivity contribution in [1.82, 2.24) is 15.6 Å². The van der Waals surface area contributed by atoms with Crippen LogP contribution in [0.2, 0.25) is 0 Å². The minimum atomic E-state index is 0.515. The van der Waals surface area contributed by atoms with Gasteiger partial charge in [0.2, 0.25) is 0 Å². The summed E-state index contributed by atoms with van der Waals surface area (Å²) >= 11 is 0. The van der Waals surface area contributed by atoms with Gasteiger partial charge in [0, 0.05) is 25.9 Å². The molecule has 0 aliphatic heterocycles. The zero-order valence-electron chi connectivity index (χ0n) is 13.5. The first-order valence-electron chi connectivity index (χ1n) is 7.90. The van der Waals surface area contributed by atoms with Crippen LogP contribution in [0.25, 0.3) is 0 Å². The first kappa shape index (κ1) is 17.0. The summed E-state index contributed by atoms with van der Waals surface area (Å²) in [6, 6.07) is 9.61. The van der Waals surface area contributed by atoms with E-state index >= 15 is 0 Å². The molecule has 6 heteroatoms. The van der Waals surface area contributed by atoms with Crippen LogP contribution >= 0.6 is 0 Å². The van der Waals surface area contributed by atoms with Crippen LogP contribution in [-0.4, -0.2) is 30.6 Å². The maximum Gasteiger partial charge on any atom is 0.191 e. The number of ether oxygens (including phenoxy) is 1. The number of aliphatic imine (C=N–C) groups is 1. The highest BCUT2D eigenvalue weighted by molar-refractivity contribution is 5.79. The van der Waals surface area contributed by atoms with Crippen LogP contribution in [0.3, 0.4) is 0 Å². The molecule has 0 bridgehead atoms. The summed E-state index contributed by atoms with van der Waals surface area (Å²) in [6.07, 6.45) is 4.33. The average Bonchev–Trinajstić information content (AvgIpc) is 3.10. The summed E-state index contributed by atoms with van der Waals surface area (Å²) in [5.74, 6) is 1.65. The van der Waals surface area contributed by atoms with Crippen LogP contribution in [0.1, 0.15) is 24.8 Å². The van der Waals surface area contributed by atoms with Crippen molar-refractivity contribution in [3.8, 4) is 0 Å². The number of hydrogen-bond acceptors (Lipinski definition) is 4. The predicted molar refractivity (Wildman–Crippen MR) is 90.0 cm³/mol. The van der Waals surface area contributed by atoms with Gasteiger partial charge in [-0.2, -0.15) is 0 Å². The molecule has 2 aromatic heterocycles. The van der Waals surface area contributed by atoms with E-state index in [0.717, 1.165) is 36.9 Å². The quantitative estimate of drug-likeness (QED) is 0.422. The molecule has 2 N–H and O–H groups in total. The summed E-state index contributed by atoms with van der Waals surface area (Å²) < 4.78 is 10.8. The largest absolute Gasteiger partial charge is 0.467 e. The second kappa shape index (κ2) is 10.4. The van der Waals surface area contributed by atoms with Crippen molar-refractivity contribution in [2.24, 2.45) is 4.99 Å². The lowest BCUT2D eigenvalue weighted by molar-refractivity contribution is 0.105. The topological polar surface area (TPSA) is 71.7 Å². The molecule has 0 atom stereocenters. The standard InChI is InChI=1S/C17H24N4O2/c1-2-18-17(21-13-15-7-3-4-9-19-15)20-10-6-11-22-14-16-8-5-12-23-16/h3-5,7-9,12H,2,6,10-11,13-14H2,1H3,(H2,18,20,21). The van der Waals surface area contributed by atoms with Crippen LogP contribution < -0.4 is 10.6 Å². The normalized spacial score (nSPS) is 11.4. The predicted octanol–water partition coefficient (Wildman–Crippen LogP) is 2.34. The molecule has 0 radical (unpaired) electrons. The Bertz CT molecular complexity index is 555. The maximum atomic E-state index is 5.55. The third kappa shape index (κ3) is 6.97. The summed E-state index contributed by atoms with van der Waals surface area (Å²) in [5.41, 5.74) is 0.950. The molecule has 2 heterocycles. The van der Waals surface area contributed by atoms with Gasteiger partial charge in [0.25, 0.3) is 0 Å². The second-order valence-corrected chi connectivity index (χ2v) is 4.93. The molecule has 0 amide bonds. The number of nitrogens with one attached hydrogen (secondary N) is 2. The molecule has 2 aromatic rings. The molecular formula is C17H24N4O2. The van der Waals surface area contributed by atoms with Crippen molar-refractivity contribution < 1.29 is 9.15 Å². The monoisotopic (exact) mass is 316 g/mol. The van der Waals surface area contributed by atoms with E-state index in [1.807, 2.05) is 37.3 Å². The van der Waals surface area contributed by atoms with E-state index in [1.165, 1.54) is 0 Å². The zero-order valence-corrected chi connectivity index (χ0v) is 13.5. The van der Waals surface area contributed by atoms with Crippen LogP contribution in [0.4, 0.5) is 0 Å². The van der Waals surface area contributed by atoms with Crippen LogP contribution in [0, 0.1) is 0 Å². The van der Waals surface area contributed by atoms with Crippen LogP contribution in [-0.2, 0) is 17.9 Å². The molecule has 0 spiro atoms. The lowest BCUT2D eigenvalue weighted by Crippen LogP contribution is -2.38. The Labute approximate surface area is 137 Å². The van der Waals surface area contributed by atoms with Gasteiger partial charge in [-0.05, 0) is 37.6 Å². The minimum absolute atomic E-state index is 0.515. The zero-order chi connectivity index (χ0) is 16.2. The first-order chi connectivity index (χ1) is 11.4. The summed E-state index contributed by atoms with van der Waals surface area (Å²) in [6.45, 7) is 5.42. The Morgan fingerprint density at radius 3 is 2.96 bits per heavy atom. The SMILES string of the molecule is CCNC(=NCc1ccccn1)NCCCOCc1ccco1. The minimum Gasteiger partial charge on any atom is -0.467 e. The molecule has 0 saturated carbocycles. The smallest absolute Gasteiger partial charge is 0.191 e. The third-order valence-electron chi connectivity index (χ3n) is 3.05. The van der Waals surface area contributed by atoms with Crippen molar-refractivity contribution in [3.63, 3.8) is 0 Å². The van der Waals surface area contributed by atoms with Crippen molar-refractivity contribution in [1.29, 1.82) is 0 Å². The van der Waals surface area contributed by atoms with Crippen molar-refractivity contribution in [2.75, 3.05) is 19.7 Å². The fourth-order valence-electron chi connectivity index (χ4n) is 1.94. The van der Waals surface area contributed by atoms with E-state index in [0.29, 0.717) is 19.8 Å². The Kier molecular flexibility index (Phi) is 7.69. The number of aromatic nitrogens is 1. The third-order valence-corrected chi connectivity index (χ3v) is 3.05. The van der Waals surface area contributed by atoms with Gasteiger partial charge in [-0.1, -0.05) is 6.07 Å². The van der Waals surface area contributed by atoms with Gasteiger partial charge in [0.05, 0.1) is 18.5 Å². The van der Waals surface area contributed by atoms with Crippen molar-refractivity contribution >= 4 is 5.96 Å². The fraction of sp³-hybridized carbons (Fsp3) is 0.412. The van der Waals surface area contributed by atoms with Gasteiger partial charge in [-0.15, -0.1) is 0 Å². The highest BCUT2D eigenvalue weighted by Gasteiger charge is 1.99. The number of hydrogen-bond donors (Lipinski definition) is 2. The first-order valence-corrected chi connectivity index (χ1v) is 7.90. The summed E-state index contributed by atoms with van der Waals surface area (Å²) in [7, 11) is 0. The van der Waals surface area contributed by atoms with E-state index in [4.69, 9.17) is 9.15 Å². The molecule has 0 aromatic carbocycles. The van der Waals surface area contributed by atoms with Gasteiger partial charge in [0.15, 0.2) is 5.96 Å². The molecule has 2 rings (SSSR count). The Morgan fingerprint density at radius 2 is 2.22 bits per heavy atom. The second-order valence-electron chi connectivity index (χ2n) is 4.93. The van der Waals surface area contributed by atoms with E-state index < -0.39 is 0 Å². The Morgan fingerprint density at radius 1 is 1.26 bits per heavy atom. The maximum absolute atomic E-state index is 5.55. The molecule has 0 saturated heterocycles. The molecule has 23 heavy (non-hydrogen) atoms. The van der Waals surface area contributed by atoms with Gasteiger partial charge in [0.1, 0.15) is 12.4 Å². The average molecular weight is 316 g/mol. The lowest BCUT2D eigenvalue weighted by Gasteiger charge is -2.11. The highest BCUT2D eigenvalue weighted by Crippen LogP contribution is 2.01. The molecule has 6 nitrogen and oxygen atoms in total. The van der Waals surface area contributed by atoms with Crippen molar-refractivity contribution in [2.45, 2.75) is 26.5 Å². The van der Waals surface area contributed by atoms with Gasteiger partial charge in [-0.3, -0.25) is 4.98 Å².